The van der Waals surface area contributed by atoms with Crippen molar-refractivity contribution in [3.8, 4) is 11.1 Å². The first-order chi connectivity index (χ1) is 16.5. The van der Waals surface area contributed by atoms with Crippen molar-refractivity contribution in [1.82, 2.24) is 9.55 Å². The Balaban J connectivity index is 1.76. The molecule has 0 saturated heterocycles. The van der Waals surface area contributed by atoms with E-state index in [1.807, 2.05) is 39.0 Å². The molecule has 0 fully saturated rings. The van der Waals surface area contributed by atoms with E-state index in [-0.39, 0.29) is 17.7 Å². The number of aromatic nitrogens is 2. The summed E-state index contributed by atoms with van der Waals surface area (Å²) < 4.78 is 40.4. The van der Waals surface area contributed by atoms with Crippen LogP contribution < -0.4 is 10.9 Å². The van der Waals surface area contributed by atoms with E-state index in [1.54, 1.807) is 6.92 Å². The molecule has 4 rings (SSSR count). The summed E-state index contributed by atoms with van der Waals surface area (Å²) >= 11 is 1.41. The van der Waals surface area contributed by atoms with Crippen LogP contribution in [0.5, 0.6) is 0 Å². The molecule has 5 nitrogen and oxygen atoms in total. The van der Waals surface area contributed by atoms with E-state index in [4.69, 9.17) is 0 Å². The number of halogens is 3. The Morgan fingerprint density at radius 2 is 1.86 bits per heavy atom. The van der Waals surface area contributed by atoms with Crippen molar-refractivity contribution in [2.75, 3.05) is 5.32 Å². The lowest BCUT2D eigenvalue weighted by atomic mass is 9.99. The number of benzene rings is 2. The third-order valence-corrected chi connectivity index (χ3v) is 7.10. The normalized spacial score (nSPS) is 12.7. The number of amides is 1. The zero-order valence-electron chi connectivity index (χ0n) is 19.7. The first-order valence-corrected chi connectivity index (χ1v) is 11.9. The van der Waals surface area contributed by atoms with E-state index in [0.29, 0.717) is 10.2 Å². The zero-order chi connectivity index (χ0) is 25.5. The van der Waals surface area contributed by atoms with E-state index < -0.39 is 23.7 Å². The molecular weight excluding hydrogens is 475 g/mol. The summed E-state index contributed by atoms with van der Waals surface area (Å²) in [6, 6.07) is 9.45. The van der Waals surface area contributed by atoms with Gasteiger partial charge in [-0.05, 0) is 62.1 Å². The Bertz CT molecular complexity index is 1490. The number of hydrogen-bond acceptors (Lipinski definition) is 4. The molecule has 0 aliphatic rings. The van der Waals surface area contributed by atoms with Crippen LogP contribution >= 0.6 is 11.3 Å². The summed E-state index contributed by atoms with van der Waals surface area (Å²) in [6.45, 7) is 7.68. The third kappa shape index (κ3) is 4.73. The molecule has 0 spiro atoms. The molecule has 0 aliphatic carbocycles. The van der Waals surface area contributed by atoms with Gasteiger partial charge in [0, 0.05) is 16.1 Å². The zero-order valence-corrected chi connectivity index (χ0v) is 20.5. The maximum Gasteiger partial charge on any atom is 0.416 e. The topological polar surface area (TPSA) is 64.0 Å². The highest BCUT2D eigenvalue weighted by Gasteiger charge is 2.31. The number of carbonyl (C=O) groups excluding carboxylic acids is 1. The van der Waals surface area contributed by atoms with Crippen LogP contribution in [0.25, 0.3) is 21.3 Å². The number of fused-ring (bicyclic) bond motifs is 1. The molecule has 0 aliphatic heterocycles. The molecule has 0 bridgehead atoms. The lowest BCUT2D eigenvalue weighted by Gasteiger charge is -2.18. The second-order valence-corrected chi connectivity index (χ2v) is 9.66. The van der Waals surface area contributed by atoms with Gasteiger partial charge in [-0.15, -0.1) is 11.3 Å². The van der Waals surface area contributed by atoms with Crippen molar-refractivity contribution >= 4 is 33.1 Å². The minimum atomic E-state index is -4.53. The van der Waals surface area contributed by atoms with Crippen LogP contribution in [-0.2, 0) is 11.0 Å². The van der Waals surface area contributed by atoms with Crippen LogP contribution in [0, 0.1) is 20.8 Å². The van der Waals surface area contributed by atoms with Crippen molar-refractivity contribution in [3.05, 3.63) is 80.7 Å². The van der Waals surface area contributed by atoms with Gasteiger partial charge in [-0.2, -0.15) is 13.2 Å². The highest BCUT2D eigenvalue weighted by molar-refractivity contribution is 7.19. The molecule has 2 aromatic heterocycles. The summed E-state index contributed by atoms with van der Waals surface area (Å²) in [5.74, 6) is -0.588. The van der Waals surface area contributed by atoms with Crippen molar-refractivity contribution < 1.29 is 18.0 Å². The molecule has 1 unspecified atom stereocenters. The van der Waals surface area contributed by atoms with E-state index in [2.05, 4.69) is 10.3 Å². The number of alkyl halides is 3. The molecule has 1 atom stereocenters. The Morgan fingerprint density at radius 1 is 1.11 bits per heavy atom. The van der Waals surface area contributed by atoms with Gasteiger partial charge in [-0.1, -0.05) is 31.2 Å². The van der Waals surface area contributed by atoms with Crippen LogP contribution in [0.4, 0.5) is 18.9 Å². The second-order valence-electron chi connectivity index (χ2n) is 8.46. The molecule has 1 N–H and O–H groups in total. The molecular formula is C26H24F3N3O2S. The molecule has 9 heteroatoms. The SMILES string of the molecule is CCC(C(=O)Nc1cccc(C(F)(F)F)c1)n1cnc2sc(C)c(-c3ccc(C)c(C)c3)c2c1=O. The Kier molecular flexibility index (Phi) is 6.55. The highest BCUT2D eigenvalue weighted by Crippen LogP contribution is 2.36. The van der Waals surface area contributed by atoms with Crippen LogP contribution in [-0.4, -0.2) is 15.5 Å². The average molecular weight is 500 g/mol. The first-order valence-electron chi connectivity index (χ1n) is 11.1. The number of rotatable bonds is 5. The van der Waals surface area contributed by atoms with Gasteiger partial charge in [0.15, 0.2) is 0 Å². The first kappa shape index (κ1) is 24.7. The van der Waals surface area contributed by atoms with Gasteiger partial charge in [0.05, 0.1) is 17.3 Å². The molecule has 1 amide bonds. The van der Waals surface area contributed by atoms with Gasteiger partial charge >= 0.3 is 6.18 Å². The molecule has 2 heterocycles. The average Bonchev–Trinajstić information content (AvgIpc) is 3.14. The molecule has 35 heavy (non-hydrogen) atoms. The van der Waals surface area contributed by atoms with E-state index in [0.717, 1.165) is 39.3 Å². The van der Waals surface area contributed by atoms with Crippen molar-refractivity contribution in [2.45, 2.75) is 46.3 Å². The van der Waals surface area contributed by atoms with Crippen LogP contribution in [0.1, 0.15) is 41.0 Å². The van der Waals surface area contributed by atoms with E-state index >= 15 is 0 Å². The van der Waals surface area contributed by atoms with Crippen molar-refractivity contribution in [2.24, 2.45) is 0 Å². The quantitative estimate of drug-likeness (QED) is 0.334. The Labute approximate surface area is 204 Å². The Hall–Kier alpha value is -3.46. The van der Waals surface area contributed by atoms with Gasteiger partial charge in [-0.25, -0.2) is 4.98 Å². The van der Waals surface area contributed by atoms with Crippen molar-refractivity contribution in [3.63, 3.8) is 0 Å². The van der Waals surface area contributed by atoms with Gasteiger partial charge in [0.25, 0.3) is 5.56 Å². The maximum atomic E-state index is 13.6. The minimum Gasteiger partial charge on any atom is -0.324 e. The molecule has 0 saturated carbocycles. The molecule has 0 radical (unpaired) electrons. The number of nitrogens with zero attached hydrogens (tertiary/aromatic N) is 2. The summed E-state index contributed by atoms with van der Waals surface area (Å²) in [7, 11) is 0. The standard InChI is InChI=1S/C26H24F3N3O2S/c1-5-20(23(33)31-19-8-6-7-18(12-19)26(27,28)29)32-13-30-24-22(25(32)34)21(16(4)35-24)17-10-9-14(2)15(3)11-17/h6-13,20H,5H2,1-4H3,(H,31,33). The number of nitrogens with one attached hydrogen (secondary N) is 1. The number of carbonyl (C=O) groups is 1. The number of thiophene rings is 1. The van der Waals surface area contributed by atoms with Crippen molar-refractivity contribution in [1.29, 1.82) is 0 Å². The van der Waals surface area contributed by atoms with Gasteiger partial charge in [0.2, 0.25) is 5.91 Å². The number of aryl methyl sites for hydroxylation is 3. The van der Waals surface area contributed by atoms with Gasteiger partial charge in [-0.3, -0.25) is 14.2 Å². The maximum absolute atomic E-state index is 13.6. The van der Waals surface area contributed by atoms with Crippen LogP contribution in [0.3, 0.4) is 0 Å². The molecule has 2 aromatic carbocycles. The predicted octanol–water partition coefficient (Wildman–Crippen LogP) is 6.66. The van der Waals surface area contributed by atoms with E-state index in [9.17, 15) is 22.8 Å². The molecule has 4 aromatic rings. The lowest BCUT2D eigenvalue weighted by Crippen LogP contribution is -2.33. The monoisotopic (exact) mass is 499 g/mol. The minimum absolute atomic E-state index is 0.00700. The number of hydrogen-bond donors (Lipinski definition) is 1. The Morgan fingerprint density at radius 3 is 2.51 bits per heavy atom. The summed E-state index contributed by atoms with van der Waals surface area (Å²) in [6.07, 6.45) is -2.94. The van der Waals surface area contributed by atoms with Crippen LogP contribution in [0.2, 0.25) is 0 Å². The summed E-state index contributed by atoms with van der Waals surface area (Å²) in [5.41, 5.74) is 2.70. The number of anilines is 1. The fourth-order valence-electron chi connectivity index (χ4n) is 4.09. The highest BCUT2D eigenvalue weighted by atomic mass is 32.1. The third-order valence-electron chi connectivity index (χ3n) is 6.09. The van der Waals surface area contributed by atoms with Gasteiger partial charge < -0.3 is 5.32 Å². The fourth-order valence-corrected chi connectivity index (χ4v) is 5.09. The van der Waals surface area contributed by atoms with Crippen LogP contribution in [0.15, 0.2) is 53.6 Å². The van der Waals surface area contributed by atoms with E-state index in [1.165, 1.54) is 34.4 Å². The molecule has 182 valence electrons. The smallest absolute Gasteiger partial charge is 0.324 e. The summed E-state index contributed by atoms with van der Waals surface area (Å²) in [4.78, 5) is 32.6. The summed E-state index contributed by atoms with van der Waals surface area (Å²) in [5, 5.41) is 2.95. The second kappa shape index (κ2) is 9.30. The lowest BCUT2D eigenvalue weighted by molar-refractivity contribution is -0.137. The predicted molar refractivity (Wildman–Crippen MR) is 133 cm³/mol. The van der Waals surface area contributed by atoms with Gasteiger partial charge in [0.1, 0.15) is 10.9 Å². The fraction of sp³-hybridized carbons (Fsp3) is 0.269. The largest absolute Gasteiger partial charge is 0.416 e.